The number of hydrogen-bond donors (Lipinski definition) is 1. The summed E-state index contributed by atoms with van der Waals surface area (Å²) in [6.07, 6.45) is 5.21. The van der Waals surface area contributed by atoms with Gasteiger partial charge in [-0.1, -0.05) is 11.6 Å². The first-order valence-electron chi connectivity index (χ1n) is 6.34. The van der Waals surface area contributed by atoms with Crippen molar-refractivity contribution in [3.05, 3.63) is 35.9 Å². The molecule has 0 unspecified atom stereocenters. The van der Waals surface area contributed by atoms with Gasteiger partial charge in [0.2, 0.25) is 5.88 Å². The lowest BCUT2D eigenvalue weighted by atomic mass is 10.1. The van der Waals surface area contributed by atoms with Gasteiger partial charge in [-0.2, -0.15) is 4.98 Å². The van der Waals surface area contributed by atoms with E-state index < -0.39 is 0 Å². The van der Waals surface area contributed by atoms with Crippen LogP contribution in [0.2, 0.25) is 5.15 Å². The number of ether oxygens (including phenoxy) is 2. The Balaban J connectivity index is 2.11. The summed E-state index contributed by atoms with van der Waals surface area (Å²) in [6.45, 7) is 0. The zero-order valence-electron chi connectivity index (χ0n) is 11.9. The maximum absolute atomic E-state index is 6.13. The van der Waals surface area contributed by atoms with Crippen LogP contribution in [0.5, 0.6) is 11.9 Å². The molecule has 0 aliphatic rings. The fourth-order valence-corrected chi connectivity index (χ4v) is 2.18. The fraction of sp³-hybridized carbons (Fsp3) is 0.143. The van der Waals surface area contributed by atoms with E-state index in [2.05, 4.69) is 25.1 Å². The van der Waals surface area contributed by atoms with Crippen LogP contribution in [0, 0.1) is 0 Å². The Kier molecular flexibility index (Phi) is 3.88. The molecule has 0 saturated carbocycles. The van der Waals surface area contributed by atoms with E-state index >= 15 is 0 Å². The number of aromatic amines is 1. The molecule has 22 heavy (non-hydrogen) atoms. The minimum absolute atomic E-state index is 0.216. The highest BCUT2D eigenvalue weighted by atomic mass is 35.5. The molecule has 0 spiro atoms. The van der Waals surface area contributed by atoms with Gasteiger partial charge < -0.3 is 14.5 Å². The molecule has 3 rings (SSSR count). The SMILES string of the molecule is COc1ncc(-c2cc(-c3cc[nH]c3)c(Cl)nn2)c(OC)n1. The van der Waals surface area contributed by atoms with Gasteiger partial charge in [-0.15, -0.1) is 10.2 Å². The maximum Gasteiger partial charge on any atom is 0.319 e. The van der Waals surface area contributed by atoms with E-state index in [0.29, 0.717) is 22.3 Å². The van der Waals surface area contributed by atoms with Crippen molar-refractivity contribution in [1.29, 1.82) is 0 Å². The minimum Gasteiger partial charge on any atom is -0.480 e. The Morgan fingerprint density at radius 2 is 2.00 bits per heavy atom. The summed E-state index contributed by atoms with van der Waals surface area (Å²) < 4.78 is 10.3. The summed E-state index contributed by atoms with van der Waals surface area (Å²) in [5.74, 6) is 0.350. The van der Waals surface area contributed by atoms with E-state index in [9.17, 15) is 0 Å². The Labute approximate surface area is 131 Å². The topological polar surface area (TPSA) is 85.8 Å². The molecule has 3 heterocycles. The summed E-state index contributed by atoms with van der Waals surface area (Å²) in [6, 6.07) is 3.93. The van der Waals surface area contributed by atoms with Crippen molar-refractivity contribution in [2.24, 2.45) is 0 Å². The summed E-state index contributed by atoms with van der Waals surface area (Å²) in [5.41, 5.74) is 2.82. The van der Waals surface area contributed by atoms with E-state index in [-0.39, 0.29) is 6.01 Å². The highest BCUT2D eigenvalue weighted by molar-refractivity contribution is 6.32. The third-order valence-corrected chi connectivity index (χ3v) is 3.32. The molecular weight excluding hydrogens is 306 g/mol. The molecule has 0 saturated heterocycles. The summed E-state index contributed by atoms with van der Waals surface area (Å²) in [4.78, 5) is 11.2. The monoisotopic (exact) mass is 317 g/mol. The van der Waals surface area contributed by atoms with E-state index in [1.54, 1.807) is 6.20 Å². The van der Waals surface area contributed by atoms with Crippen molar-refractivity contribution in [2.75, 3.05) is 14.2 Å². The standard InChI is InChI=1S/C14H12ClN5O2/c1-21-13-10(7-17-14(18-13)22-2)11-5-9(12(15)20-19-11)8-3-4-16-6-8/h3-7,16H,1-2H3. The van der Waals surface area contributed by atoms with Crippen molar-refractivity contribution in [3.63, 3.8) is 0 Å². The lowest BCUT2D eigenvalue weighted by Crippen LogP contribution is -1.99. The molecule has 3 aromatic heterocycles. The predicted molar refractivity (Wildman–Crippen MR) is 81.0 cm³/mol. The molecule has 0 radical (unpaired) electrons. The van der Waals surface area contributed by atoms with Crippen LogP contribution in [0.25, 0.3) is 22.4 Å². The molecule has 3 aromatic rings. The molecule has 8 heteroatoms. The molecule has 0 bridgehead atoms. The van der Waals surface area contributed by atoms with Gasteiger partial charge in [-0.25, -0.2) is 4.98 Å². The van der Waals surface area contributed by atoms with Crippen LogP contribution in [0.15, 0.2) is 30.7 Å². The van der Waals surface area contributed by atoms with Gasteiger partial charge in [0.25, 0.3) is 0 Å². The van der Waals surface area contributed by atoms with Crippen LogP contribution in [-0.2, 0) is 0 Å². The molecule has 0 fully saturated rings. The predicted octanol–water partition coefficient (Wildman–Crippen LogP) is 2.60. The lowest BCUT2D eigenvalue weighted by Gasteiger charge is -2.08. The van der Waals surface area contributed by atoms with Crippen molar-refractivity contribution in [3.8, 4) is 34.3 Å². The molecule has 0 amide bonds. The highest BCUT2D eigenvalue weighted by Gasteiger charge is 2.15. The molecule has 112 valence electrons. The number of rotatable bonds is 4. The quantitative estimate of drug-likeness (QED) is 0.796. The van der Waals surface area contributed by atoms with E-state index in [4.69, 9.17) is 21.1 Å². The third-order valence-electron chi connectivity index (χ3n) is 3.04. The number of nitrogens with one attached hydrogen (secondary N) is 1. The number of nitrogens with zero attached hydrogens (tertiary/aromatic N) is 4. The second-order valence-corrected chi connectivity index (χ2v) is 4.67. The largest absolute Gasteiger partial charge is 0.480 e. The second-order valence-electron chi connectivity index (χ2n) is 4.31. The highest BCUT2D eigenvalue weighted by Crippen LogP contribution is 2.32. The van der Waals surface area contributed by atoms with Crippen LogP contribution in [-0.4, -0.2) is 39.4 Å². The first-order chi connectivity index (χ1) is 10.7. The molecule has 0 aliphatic heterocycles. The van der Waals surface area contributed by atoms with Crippen molar-refractivity contribution in [1.82, 2.24) is 25.1 Å². The summed E-state index contributed by atoms with van der Waals surface area (Å²) in [5, 5.41) is 8.40. The Morgan fingerprint density at radius 3 is 2.68 bits per heavy atom. The number of aromatic nitrogens is 5. The van der Waals surface area contributed by atoms with Crippen LogP contribution >= 0.6 is 11.6 Å². The van der Waals surface area contributed by atoms with Gasteiger partial charge in [0.1, 0.15) is 5.69 Å². The van der Waals surface area contributed by atoms with Crippen molar-refractivity contribution >= 4 is 11.6 Å². The van der Waals surface area contributed by atoms with Gasteiger partial charge in [-0.05, 0) is 12.1 Å². The number of hydrogen-bond acceptors (Lipinski definition) is 6. The van der Waals surface area contributed by atoms with Crippen molar-refractivity contribution in [2.45, 2.75) is 0 Å². The minimum atomic E-state index is 0.216. The van der Waals surface area contributed by atoms with Gasteiger partial charge in [0.05, 0.1) is 19.8 Å². The smallest absolute Gasteiger partial charge is 0.319 e. The Bertz CT molecular complexity index is 792. The van der Waals surface area contributed by atoms with Crippen LogP contribution < -0.4 is 9.47 Å². The average molecular weight is 318 g/mol. The maximum atomic E-state index is 6.13. The third kappa shape index (κ3) is 2.58. The number of methoxy groups -OCH3 is 2. The van der Waals surface area contributed by atoms with Gasteiger partial charge in [0.15, 0.2) is 5.15 Å². The van der Waals surface area contributed by atoms with Crippen LogP contribution in [0.4, 0.5) is 0 Å². The molecular formula is C14H12ClN5O2. The lowest BCUT2D eigenvalue weighted by molar-refractivity contribution is 0.353. The van der Waals surface area contributed by atoms with E-state index in [1.165, 1.54) is 14.2 Å². The molecule has 1 N–H and O–H groups in total. The zero-order valence-corrected chi connectivity index (χ0v) is 12.6. The van der Waals surface area contributed by atoms with Gasteiger partial charge in [0, 0.05) is 29.7 Å². The normalized spacial score (nSPS) is 10.5. The number of halogens is 1. The first-order valence-corrected chi connectivity index (χ1v) is 6.72. The molecule has 7 nitrogen and oxygen atoms in total. The second kappa shape index (κ2) is 5.98. The summed E-state index contributed by atoms with van der Waals surface area (Å²) in [7, 11) is 3.00. The fourth-order valence-electron chi connectivity index (χ4n) is 1.98. The first kappa shape index (κ1) is 14.3. The molecule has 0 atom stereocenters. The van der Waals surface area contributed by atoms with E-state index in [1.807, 2.05) is 24.5 Å². The zero-order chi connectivity index (χ0) is 15.5. The molecule has 0 aromatic carbocycles. The van der Waals surface area contributed by atoms with Crippen molar-refractivity contribution < 1.29 is 9.47 Å². The molecule has 0 aliphatic carbocycles. The van der Waals surface area contributed by atoms with Gasteiger partial charge in [-0.3, -0.25) is 0 Å². The van der Waals surface area contributed by atoms with Crippen LogP contribution in [0.3, 0.4) is 0 Å². The Morgan fingerprint density at radius 1 is 1.14 bits per heavy atom. The van der Waals surface area contributed by atoms with E-state index in [0.717, 1.165) is 11.1 Å². The Hall–Kier alpha value is -2.67. The average Bonchev–Trinajstić information content (AvgIpc) is 3.09. The van der Waals surface area contributed by atoms with Crippen LogP contribution in [0.1, 0.15) is 0 Å². The van der Waals surface area contributed by atoms with Gasteiger partial charge >= 0.3 is 6.01 Å². The number of H-pyrrole nitrogens is 1. The summed E-state index contributed by atoms with van der Waals surface area (Å²) >= 11 is 6.13.